The fourth-order valence-corrected chi connectivity index (χ4v) is 1.44. The summed E-state index contributed by atoms with van der Waals surface area (Å²) in [6.07, 6.45) is 0. The highest BCUT2D eigenvalue weighted by Gasteiger charge is 2.52. The third-order valence-electron chi connectivity index (χ3n) is 2.48. The van der Waals surface area contributed by atoms with Gasteiger partial charge in [0, 0.05) is 20.1 Å². The number of amidine groups is 1. The molecule has 0 radical (unpaired) electrons. The summed E-state index contributed by atoms with van der Waals surface area (Å²) >= 11 is 0. The van der Waals surface area contributed by atoms with Crippen LogP contribution in [0.2, 0.25) is 0 Å². The summed E-state index contributed by atoms with van der Waals surface area (Å²) < 4.78 is 0. The van der Waals surface area contributed by atoms with E-state index < -0.39 is 0 Å². The Morgan fingerprint density at radius 3 is 2.45 bits per heavy atom. The highest BCUT2D eigenvalue weighted by molar-refractivity contribution is 6.09. The van der Waals surface area contributed by atoms with Crippen LogP contribution >= 0.6 is 0 Å². The Balaban J connectivity index is 2.32. The third kappa shape index (κ3) is 0.586. The van der Waals surface area contributed by atoms with Crippen LogP contribution in [0.15, 0.2) is 0 Å². The standard InChI is InChI=1S/C6H10N4O/c1-10-5(11)9-4(7)6(10)2-8-3-6/h8H,2-3H2,1H3,(H2,7,9,11). The lowest BCUT2D eigenvalue weighted by Crippen LogP contribution is -2.69. The van der Waals surface area contributed by atoms with Crippen LogP contribution < -0.4 is 10.6 Å². The van der Waals surface area contributed by atoms with E-state index in [4.69, 9.17) is 5.41 Å². The monoisotopic (exact) mass is 154 g/mol. The molecule has 5 nitrogen and oxygen atoms in total. The van der Waals surface area contributed by atoms with Crippen LogP contribution in [0.1, 0.15) is 0 Å². The van der Waals surface area contributed by atoms with Crippen molar-refractivity contribution in [3.8, 4) is 0 Å². The van der Waals surface area contributed by atoms with E-state index in [1.165, 1.54) is 0 Å². The van der Waals surface area contributed by atoms with Gasteiger partial charge in [0.15, 0.2) is 0 Å². The second kappa shape index (κ2) is 1.73. The van der Waals surface area contributed by atoms with Crippen molar-refractivity contribution in [2.75, 3.05) is 20.1 Å². The van der Waals surface area contributed by atoms with Gasteiger partial charge in [0.2, 0.25) is 0 Å². The first kappa shape index (κ1) is 6.60. The zero-order valence-corrected chi connectivity index (χ0v) is 6.27. The Labute approximate surface area is 64.3 Å². The van der Waals surface area contributed by atoms with Crippen LogP contribution in [-0.2, 0) is 0 Å². The largest absolute Gasteiger partial charge is 0.323 e. The quantitative estimate of drug-likeness (QED) is 0.417. The van der Waals surface area contributed by atoms with Crippen molar-refractivity contribution in [3.05, 3.63) is 0 Å². The molecule has 0 aromatic heterocycles. The molecule has 0 unspecified atom stereocenters. The van der Waals surface area contributed by atoms with Crippen molar-refractivity contribution in [1.82, 2.24) is 15.5 Å². The molecule has 2 amide bonds. The van der Waals surface area contributed by atoms with Gasteiger partial charge in [-0.1, -0.05) is 0 Å². The molecule has 2 rings (SSSR count). The molecule has 0 aromatic rings. The zero-order valence-electron chi connectivity index (χ0n) is 6.27. The molecule has 11 heavy (non-hydrogen) atoms. The van der Waals surface area contributed by atoms with Crippen molar-refractivity contribution < 1.29 is 4.79 Å². The Kier molecular flexibility index (Phi) is 1.04. The van der Waals surface area contributed by atoms with E-state index in [0.29, 0.717) is 18.9 Å². The molecule has 1 spiro atoms. The maximum atomic E-state index is 11.0. The van der Waals surface area contributed by atoms with E-state index in [1.807, 2.05) is 0 Å². The number of carbonyl (C=O) groups excluding carboxylic acids is 1. The molecule has 3 N–H and O–H groups in total. The van der Waals surface area contributed by atoms with Gasteiger partial charge >= 0.3 is 6.03 Å². The number of nitrogens with one attached hydrogen (secondary N) is 3. The number of rotatable bonds is 0. The summed E-state index contributed by atoms with van der Waals surface area (Å²) in [5.41, 5.74) is -0.350. The van der Waals surface area contributed by atoms with Crippen LogP contribution in [0.3, 0.4) is 0 Å². The number of hydrogen-bond donors (Lipinski definition) is 3. The van der Waals surface area contributed by atoms with Crippen LogP contribution in [-0.4, -0.2) is 42.4 Å². The minimum Gasteiger partial charge on any atom is -0.312 e. The van der Waals surface area contributed by atoms with Gasteiger partial charge in [-0.05, 0) is 0 Å². The zero-order chi connectivity index (χ0) is 8.06. The van der Waals surface area contributed by atoms with Gasteiger partial charge in [-0.25, -0.2) is 4.79 Å². The smallest absolute Gasteiger partial charge is 0.312 e. The fraction of sp³-hybridized carbons (Fsp3) is 0.667. The summed E-state index contributed by atoms with van der Waals surface area (Å²) in [7, 11) is 1.72. The van der Waals surface area contributed by atoms with Gasteiger partial charge in [-0.15, -0.1) is 0 Å². The lowest BCUT2D eigenvalue weighted by molar-refractivity contribution is 0.158. The molecular formula is C6H10N4O. The van der Waals surface area contributed by atoms with Gasteiger partial charge in [-0.3, -0.25) is 10.7 Å². The average Bonchev–Trinajstić information content (AvgIpc) is 2.03. The summed E-state index contributed by atoms with van der Waals surface area (Å²) in [5.74, 6) is 0.323. The number of nitrogens with zero attached hydrogens (tertiary/aromatic N) is 1. The van der Waals surface area contributed by atoms with Gasteiger partial charge in [-0.2, -0.15) is 0 Å². The summed E-state index contributed by atoms with van der Waals surface area (Å²) in [5, 5.41) is 13.0. The predicted molar refractivity (Wildman–Crippen MR) is 39.6 cm³/mol. The number of likely N-dealkylation sites (N-methyl/N-ethyl adjacent to an activating group) is 1. The topological polar surface area (TPSA) is 68.2 Å². The van der Waals surface area contributed by atoms with Crippen LogP contribution in [0, 0.1) is 5.41 Å². The molecule has 0 bridgehead atoms. The van der Waals surface area contributed by atoms with Gasteiger partial charge in [0.1, 0.15) is 11.4 Å². The van der Waals surface area contributed by atoms with Crippen molar-refractivity contribution in [2.45, 2.75) is 5.54 Å². The number of urea groups is 1. The Morgan fingerprint density at radius 2 is 2.27 bits per heavy atom. The van der Waals surface area contributed by atoms with E-state index in [2.05, 4.69) is 10.6 Å². The summed E-state index contributed by atoms with van der Waals surface area (Å²) in [6, 6.07) is -0.170. The Hall–Kier alpha value is -1.10. The molecule has 0 aliphatic carbocycles. The first-order chi connectivity index (χ1) is 5.17. The average molecular weight is 154 g/mol. The second-order valence-electron chi connectivity index (χ2n) is 3.00. The third-order valence-corrected chi connectivity index (χ3v) is 2.48. The fourth-order valence-electron chi connectivity index (χ4n) is 1.44. The molecule has 0 aromatic carbocycles. The SMILES string of the molecule is CN1C(=O)NC(=N)C12CNC2. The molecule has 2 heterocycles. The maximum Gasteiger partial charge on any atom is 0.323 e. The van der Waals surface area contributed by atoms with Crippen molar-refractivity contribution >= 4 is 11.9 Å². The highest BCUT2D eigenvalue weighted by atomic mass is 16.2. The van der Waals surface area contributed by atoms with Crippen LogP contribution in [0.4, 0.5) is 4.79 Å². The molecule has 2 saturated heterocycles. The highest BCUT2D eigenvalue weighted by Crippen LogP contribution is 2.23. The molecule has 60 valence electrons. The molecule has 0 saturated carbocycles. The summed E-state index contributed by atoms with van der Waals surface area (Å²) in [6.45, 7) is 1.39. The van der Waals surface area contributed by atoms with Crippen LogP contribution in [0.25, 0.3) is 0 Å². The number of hydrogen-bond acceptors (Lipinski definition) is 3. The molecule has 2 aliphatic rings. The lowest BCUT2D eigenvalue weighted by Gasteiger charge is -2.42. The van der Waals surface area contributed by atoms with Crippen molar-refractivity contribution in [2.24, 2.45) is 0 Å². The predicted octanol–water partition coefficient (Wildman–Crippen LogP) is -1.04. The molecule has 2 fully saturated rings. The first-order valence-corrected chi connectivity index (χ1v) is 3.51. The van der Waals surface area contributed by atoms with E-state index in [9.17, 15) is 4.79 Å². The minimum absolute atomic E-state index is 0.170. The Bertz CT molecular complexity index is 233. The van der Waals surface area contributed by atoms with Crippen molar-refractivity contribution in [1.29, 1.82) is 5.41 Å². The molecule has 2 aliphatic heterocycles. The minimum atomic E-state index is -0.350. The van der Waals surface area contributed by atoms with Gasteiger partial charge < -0.3 is 10.2 Å². The first-order valence-electron chi connectivity index (χ1n) is 3.51. The number of amides is 2. The summed E-state index contributed by atoms with van der Waals surface area (Å²) in [4.78, 5) is 12.6. The second-order valence-corrected chi connectivity index (χ2v) is 3.00. The Morgan fingerprint density at radius 1 is 1.64 bits per heavy atom. The normalized spacial score (nSPS) is 27.2. The number of carbonyl (C=O) groups is 1. The molecular weight excluding hydrogens is 144 g/mol. The van der Waals surface area contributed by atoms with Crippen LogP contribution in [0.5, 0.6) is 0 Å². The van der Waals surface area contributed by atoms with E-state index in [-0.39, 0.29) is 11.6 Å². The van der Waals surface area contributed by atoms with E-state index >= 15 is 0 Å². The van der Waals surface area contributed by atoms with Gasteiger partial charge in [0.25, 0.3) is 0 Å². The molecule has 5 heteroatoms. The van der Waals surface area contributed by atoms with Crippen molar-refractivity contribution in [3.63, 3.8) is 0 Å². The van der Waals surface area contributed by atoms with Gasteiger partial charge in [0.05, 0.1) is 0 Å². The molecule has 0 atom stereocenters. The van der Waals surface area contributed by atoms with E-state index in [1.54, 1.807) is 11.9 Å². The maximum absolute atomic E-state index is 11.0. The lowest BCUT2D eigenvalue weighted by atomic mass is 9.91. The van der Waals surface area contributed by atoms with E-state index in [0.717, 1.165) is 0 Å².